The fourth-order valence-electron chi connectivity index (χ4n) is 1.54. The normalized spacial score (nSPS) is 13.5. The van der Waals surface area contributed by atoms with Gasteiger partial charge >= 0.3 is 6.18 Å². The number of anilines is 1. The van der Waals surface area contributed by atoms with Crippen LogP contribution in [0, 0.1) is 0 Å². The summed E-state index contributed by atoms with van der Waals surface area (Å²) < 4.78 is 36.6. The Bertz CT molecular complexity index is 346. The van der Waals surface area contributed by atoms with Crippen molar-refractivity contribution in [2.45, 2.75) is 19.1 Å². The SMILES string of the molecule is CNC(C)c1ccc(N(C)CC(F)(F)F)cc1. The smallest absolute Gasteiger partial charge is 0.366 e. The van der Waals surface area contributed by atoms with Crippen LogP contribution in [-0.2, 0) is 0 Å². The Balaban J connectivity index is 2.74. The van der Waals surface area contributed by atoms with Crippen molar-refractivity contribution in [2.24, 2.45) is 0 Å². The van der Waals surface area contributed by atoms with Gasteiger partial charge in [-0.3, -0.25) is 0 Å². The molecule has 0 amide bonds. The van der Waals surface area contributed by atoms with Crippen LogP contribution in [0.1, 0.15) is 18.5 Å². The third-order valence-corrected chi connectivity index (χ3v) is 2.68. The standard InChI is InChI=1S/C12H17F3N2/c1-9(16-2)10-4-6-11(7-5-10)17(3)8-12(13,14)15/h4-7,9,16H,8H2,1-3H3. The first kappa shape index (κ1) is 13.8. The van der Waals surface area contributed by atoms with Gasteiger partial charge in [0.25, 0.3) is 0 Å². The topological polar surface area (TPSA) is 15.3 Å². The van der Waals surface area contributed by atoms with Crippen molar-refractivity contribution in [3.05, 3.63) is 29.8 Å². The van der Waals surface area contributed by atoms with E-state index >= 15 is 0 Å². The summed E-state index contributed by atoms with van der Waals surface area (Å²) in [5, 5.41) is 3.07. The summed E-state index contributed by atoms with van der Waals surface area (Å²) in [4.78, 5) is 1.19. The maximum Gasteiger partial charge on any atom is 0.405 e. The minimum atomic E-state index is -4.17. The molecular weight excluding hydrogens is 229 g/mol. The highest BCUT2D eigenvalue weighted by Gasteiger charge is 2.29. The second-order valence-electron chi connectivity index (χ2n) is 4.07. The Labute approximate surface area is 99.4 Å². The molecule has 17 heavy (non-hydrogen) atoms. The lowest BCUT2D eigenvalue weighted by atomic mass is 10.1. The molecule has 0 saturated carbocycles. The number of halogens is 3. The summed E-state index contributed by atoms with van der Waals surface area (Å²) in [6.45, 7) is 1.06. The Kier molecular flexibility index (Phi) is 4.40. The zero-order valence-corrected chi connectivity index (χ0v) is 10.2. The molecule has 0 aliphatic carbocycles. The van der Waals surface area contributed by atoms with Crippen LogP contribution in [0.2, 0.25) is 0 Å². The largest absolute Gasteiger partial charge is 0.405 e. The van der Waals surface area contributed by atoms with Gasteiger partial charge in [0.1, 0.15) is 6.54 Å². The van der Waals surface area contributed by atoms with Gasteiger partial charge in [0, 0.05) is 18.8 Å². The predicted molar refractivity (Wildman–Crippen MR) is 63.2 cm³/mol. The van der Waals surface area contributed by atoms with Gasteiger partial charge < -0.3 is 10.2 Å². The van der Waals surface area contributed by atoms with Gasteiger partial charge in [0.15, 0.2) is 0 Å². The average molecular weight is 246 g/mol. The number of nitrogens with zero attached hydrogens (tertiary/aromatic N) is 1. The van der Waals surface area contributed by atoms with E-state index < -0.39 is 12.7 Å². The lowest BCUT2D eigenvalue weighted by Gasteiger charge is -2.21. The van der Waals surface area contributed by atoms with Crippen LogP contribution in [-0.4, -0.2) is 26.8 Å². The van der Waals surface area contributed by atoms with Crippen LogP contribution in [0.4, 0.5) is 18.9 Å². The second-order valence-corrected chi connectivity index (χ2v) is 4.07. The van der Waals surface area contributed by atoms with E-state index in [0.717, 1.165) is 5.56 Å². The van der Waals surface area contributed by atoms with Gasteiger partial charge in [-0.25, -0.2) is 0 Å². The van der Waals surface area contributed by atoms with Crippen molar-refractivity contribution < 1.29 is 13.2 Å². The van der Waals surface area contributed by atoms with E-state index in [2.05, 4.69) is 5.32 Å². The summed E-state index contributed by atoms with van der Waals surface area (Å²) in [6.07, 6.45) is -4.17. The van der Waals surface area contributed by atoms with Crippen LogP contribution < -0.4 is 10.2 Å². The minimum Gasteiger partial charge on any atom is -0.366 e. The van der Waals surface area contributed by atoms with Crippen molar-refractivity contribution >= 4 is 5.69 Å². The van der Waals surface area contributed by atoms with Gasteiger partial charge in [-0.2, -0.15) is 13.2 Å². The van der Waals surface area contributed by atoms with E-state index in [9.17, 15) is 13.2 Å². The van der Waals surface area contributed by atoms with Gasteiger partial charge in [0.05, 0.1) is 0 Å². The molecule has 96 valence electrons. The van der Waals surface area contributed by atoms with Crippen molar-refractivity contribution in [3.63, 3.8) is 0 Å². The number of hydrogen-bond acceptors (Lipinski definition) is 2. The molecule has 0 aliphatic rings. The second kappa shape index (κ2) is 5.40. The summed E-state index contributed by atoms with van der Waals surface area (Å²) in [6, 6.07) is 7.27. The molecule has 0 aliphatic heterocycles. The van der Waals surface area contributed by atoms with Crippen molar-refractivity contribution in [2.75, 3.05) is 25.5 Å². The third kappa shape index (κ3) is 4.26. The molecule has 1 unspecified atom stereocenters. The van der Waals surface area contributed by atoms with Crippen LogP contribution >= 0.6 is 0 Å². The fourth-order valence-corrected chi connectivity index (χ4v) is 1.54. The highest BCUT2D eigenvalue weighted by Crippen LogP contribution is 2.22. The molecule has 0 saturated heterocycles. The molecule has 5 heteroatoms. The summed E-state index contributed by atoms with van der Waals surface area (Å²) in [5.41, 5.74) is 1.62. The van der Waals surface area contributed by atoms with E-state index in [-0.39, 0.29) is 6.04 Å². The summed E-state index contributed by atoms with van der Waals surface area (Å²) in [5.74, 6) is 0. The van der Waals surface area contributed by atoms with Gasteiger partial charge in [-0.15, -0.1) is 0 Å². The molecule has 1 N–H and O–H groups in total. The number of benzene rings is 1. The highest BCUT2D eigenvalue weighted by atomic mass is 19.4. The molecule has 1 aromatic rings. The van der Waals surface area contributed by atoms with E-state index in [1.807, 2.05) is 26.1 Å². The van der Waals surface area contributed by atoms with Gasteiger partial charge in [-0.1, -0.05) is 12.1 Å². The number of hydrogen-bond donors (Lipinski definition) is 1. The number of rotatable bonds is 4. The minimum absolute atomic E-state index is 0.192. The molecular formula is C12H17F3N2. The van der Waals surface area contributed by atoms with Crippen LogP contribution in [0.15, 0.2) is 24.3 Å². The Morgan fingerprint density at radius 1 is 1.24 bits per heavy atom. The first-order valence-corrected chi connectivity index (χ1v) is 5.38. The number of alkyl halides is 3. The van der Waals surface area contributed by atoms with E-state index in [1.165, 1.54) is 11.9 Å². The Morgan fingerprint density at radius 3 is 2.18 bits per heavy atom. The first-order valence-electron chi connectivity index (χ1n) is 5.38. The average Bonchev–Trinajstić information content (AvgIpc) is 2.26. The lowest BCUT2D eigenvalue weighted by Crippen LogP contribution is -2.30. The van der Waals surface area contributed by atoms with Crippen LogP contribution in [0.5, 0.6) is 0 Å². The molecule has 2 nitrogen and oxygen atoms in total. The molecule has 1 aromatic carbocycles. The quantitative estimate of drug-likeness (QED) is 0.878. The Hall–Kier alpha value is -1.23. The first-order chi connectivity index (χ1) is 7.83. The van der Waals surface area contributed by atoms with E-state index in [1.54, 1.807) is 12.1 Å². The fraction of sp³-hybridized carbons (Fsp3) is 0.500. The van der Waals surface area contributed by atoms with E-state index in [0.29, 0.717) is 5.69 Å². The molecule has 0 aromatic heterocycles. The summed E-state index contributed by atoms with van der Waals surface area (Å²) in [7, 11) is 3.28. The molecule has 0 fully saturated rings. The lowest BCUT2D eigenvalue weighted by molar-refractivity contribution is -0.119. The predicted octanol–water partition coefficient (Wildman–Crippen LogP) is 2.97. The van der Waals surface area contributed by atoms with Crippen molar-refractivity contribution in [1.82, 2.24) is 5.32 Å². The monoisotopic (exact) mass is 246 g/mol. The van der Waals surface area contributed by atoms with E-state index in [4.69, 9.17) is 0 Å². The van der Waals surface area contributed by atoms with Crippen LogP contribution in [0.3, 0.4) is 0 Å². The zero-order valence-electron chi connectivity index (χ0n) is 10.2. The maximum absolute atomic E-state index is 12.2. The molecule has 1 atom stereocenters. The third-order valence-electron chi connectivity index (χ3n) is 2.68. The molecule has 0 radical (unpaired) electrons. The highest BCUT2D eigenvalue weighted by molar-refractivity contribution is 5.47. The zero-order chi connectivity index (χ0) is 13.1. The maximum atomic E-state index is 12.2. The Morgan fingerprint density at radius 2 is 1.76 bits per heavy atom. The molecule has 1 rings (SSSR count). The summed E-state index contributed by atoms with van der Waals surface area (Å²) >= 11 is 0. The van der Waals surface area contributed by atoms with Gasteiger partial charge in [0.2, 0.25) is 0 Å². The number of nitrogens with one attached hydrogen (secondary N) is 1. The molecule has 0 bridgehead atoms. The van der Waals surface area contributed by atoms with Crippen molar-refractivity contribution in [3.8, 4) is 0 Å². The van der Waals surface area contributed by atoms with Crippen LogP contribution in [0.25, 0.3) is 0 Å². The van der Waals surface area contributed by atoms with Crippen molar-refractivity contribution in [1.29, 1.82) is 0 Å². The molecule has 0 spiro atoms. The molecule has 0 heterocycles. The van der Waals surface area contributed by atoms with Gasteiger partial charge in [-0.05, 0) is 31.7 Å².